The lowest BCUT2D eigenvalue weighted by molar-refractivity contribution is 0.273. The van der Waals surface area contributed by atoms with Crippen LogP contribution >= 0.6 is 0 Å². The molecule has 0 amide bonds. The fourth-order valence-corrected chi connectivity index (χ4v) is 2.73. The molecule has 2 heterocycles. The van der Waals surface area contributed by atoms with Crippen LogP contribution in [0, 0.1) is 28.9 Å². The number of rotatable bonds is 4. The maximum atomic E-state index is 14.0. The Bertz CT molecular complexity index is 798. The third-order valence-corrected chi connectivity index (χ3v) is 4.33. The minimum absolute atomic E-state index is 0.00113. The molecule has 1 aromatic carbocycles. The second kappa shape index (κ2) is 7.43. The average molecular weight is 344 g/mol. The summed E-state index contributed by atoms with van der Waals surface area (Å²) in [5.74, 6) is -0.189. The van der Waals surface area contributed by atoms with E-state index < -0.39 is 11.6 Å². The normalized spacial score (nSPS) is 15.0. The van der Waals surface area contributed by atoms with Crippen LogP contribution in [0.3, 0.4) is 0 Å². The number of halogens is 2. The molecule has 0 saturated carbocycles. The summed E-state index contributed by atoms with van der Waals surface area (Å²) < 4.78 is 33.3. The zero-order valence-corrected chi connectivity index (χ0v) is 13.9. The predicted octanol–water partition coefficient (Wildman–Crippen LogP) is 3.44. The van der Waals surface area contributed by atoms with Crippen LogP contribution in [-0.4, -0.2) is 23.1 Å². The van der Waals surface area contributed by atoms with Gasteiger partial charge in [-0.1, -0.05) is 13.0 Å². The highest BCUT2D eigenvalue weighted by Crippen LogP contribution is 2.25. The van der Waals surface area contributed by atoms with Gasteiger partial charge in [0, 0.05) is 18.7 Å². The molecule has 0 radical (unpaired) electrons. The van der Waals surface area contributed by atoms with Crippen molar-refractivity contribution in [3.8, 4) is 12.1 Å². The summed E-state index contributed by atoms with van der Waals surface area (Å²) in [6.07, 6.45) is 3.04. The molecule has 0 atom stereocenters. The SMILES string of the molecule is CC1CCN(c2nc(OCc3ccc(C#N)cc3F)ncc2F)CC1. The molecule has 7 heteroatoms. The zero-order chi connectivity index (χ0) is 17.8. The van der Waals surface area contributed by atoms with Gasteiger partial charge < -0.3 is 9.64 Å². The molecule has 2 aromatic rings. The van der Waals surface area contributed by atoms with E-state index >= 15 is 0 Å². The Hall–Kier alpha value is -2.75. The molecule has 0 bridgehead atoms. The first-order valence-corrected chi connectivity index (χ1v) is 8.15. The predicted molar refractivity (Wildman–Crippen MR) is 88.0 cm³/mol. The van der Waals surface area contributed by atoms with Crippen LogP contribution in [0.15, 0.2) is 24.4 Å². The molecule has 3 rings (SSSR count). The van der Waals surface area contributed by atoms with Crippen LogP contribution in [0.1, 0.15) is 30.9 Å². The number of benzene rings is 1. The smallest absolute Gasteiger partial charge is 0.318 e. The van der Waals surface area contributed by atoms with Crippen molar-refractivity contribution in [3.05, 3.63) is 47.2 Å². The lowest BCUT2D eigenvalue weighted by Gasteiger charge is -2.31. The summed E-state index contributed by atoms with van der Waals surface area (Å²) in [6, 6.07) is 6.00. The quantitative estimate of drug-likeness (QED) is 0.850. The Morgan fingerprint density at radius 2 is 2.04 bits per heavy atom. The first-order valence-electron chi connectivity index (χ1n) is 8.15. The zero-order valence-electron chi connectivity index (χ0n) is 13.9. The molecule has 1 fully saturated rings. The number of hydrogen-bond donors (Lipinski definition) is 0. The summed E-state index contributed by atoms with van der Waals surface area (Å²) in [5, 5.41) is 8.75. The number of anilines is 1. The average Bonchev–Trinajstić information content (AvgIpc) is 2.62. The van der Waals surface area contributed by atoms with Crippen molar-refractivity contribution in [2.45, 2.75) is 26.4 Å². The molecule has 1 aliphatic rings. The Morgan fingerprint density at radius 1 is 1.28 bits per heavy atom. The summed E-state index contributed by atoms with van der Waals surface area (Å²) >= 11 is 0. The minimum atomic E-state index is -0.536. The highest BCUT2D eigenvalue weighted by Gasteiger charge is 2.21. The number of ether oxygens (including phenoxy) is 1. The van der Waals surface area contributed by atoms with Gasteiger partial charge in [0.1, 0.15) is 12.4 Å². The maximum absolute atomic E-state index is 14.0. The number of aromatic nitrogens is 2. The summed E-state index contributed by atoms with van der Waals surface area (Å²) in [4.78, 5) is 9.84. The molecule has 5 nitrogen and oxygen atoms in total. The molecule has 1 aliphatic heterocycles. The van der Waals surface area contributed by atoms with Crippen molar-refractivity contribution >= 4 is 5.82 Å². The Balaban J connectivity index is 1.71. The number of nitriles is 1. The van der Waals surface area contributed by atoms with Gasteiger partial charge in [0.05, 0.1) is 17.8 Å². The van der Waals surface area contributed by atoms with E-state index in [2.05, 4.69) is 16.9 Å². The van der Waals surface area contributed by atoms with Gasteiger partial charge in [-0.2, -0.15) is 10.2 Å². The van der Waals surface area contributed by atoms with E-state index in [-0.39, 0.29) is 29.6 Å². The Labute approximate surface area is 144 Å². The molecular formula is C18H18F2N4O. The van der Waals surface area contributed by atoms with Crippen LogP contribution in [0.5, 0.6) is 6.01 Å². The molecular weight excluding hydrogens is 326 g/mol. The van der Waals surface area contributed by atoms with Crippen molar-refractivity contribution in [2.24, 2.45) is 5.92 Å². The summed E-state index contributed by atoms with van der Waals surface area (Å²) in [5.41, 5.74) is 0.515. The van der Waals surface area contributed by atoms with E-state index in [1.165, 1.54) is 12.1 Å². The second-order valence-corrected chi connectivity index (χ2v) is 6.20. The van der Waals surface area contributed by atoms with Gasteiger partial charge in [-0.3, -0.25) is 0 Å². The van der Waals surface area contributed by atoms with Crippen molar-refractivity contribution in [1.29, 1.82) is 5.26 Å². The highest BCUT2D eigenvalue weighted by molar-refractivity contribution is 5.40. The highest BCUT2D eigenvalue weighted by atomic mass is 19.1. The van der Waals surface area contributed by atoms with Crippen molar-refractivity contribution in [2.75, 3.05) is 18.0 Å². The molecule has 0 aliphatic carbocycles. The van der Waals surface area contributed by atoms with Crippen LogP contribution in [0.4, 0.5) is 14.6 Å². The van der Waals surface area contributed by atoms with Gasteiger partial charge in [0.25, 0.3) is 0 Å². The molecule has 0 spiro atoms. The minimum Gasteiger partial charge on any atom is -0.458 e. The van der Waals surface area contributed by atoms with Crippen LogP contribution in [-0.2, 0) is 6.61 Å². The first kappa shape index (κ1) is 17.1. The topological polar surface area (TPSA) is 62.0 Å². The van der Waals surface area contributed by atoms with E-state index in [4.69, 9.17) is 10.00 Å². The lowest BCUT2D eigenvalue weighted by Crippen LogP contribution is -2.34. The van der Waals surface area contributed by atoms with E-state index in [1.807, 2.05) is 11.0 Å². The van der Waals surface area contributed by atoms with Crippen molar-refractivity contribution in [1.82, 2.24) is 9.97 Å². The number of hydrogen-bond acceptors (Lipinski definition) is 5. The standard InChI is InChI=1S/C18H18F2N4O/c1-12-4-6-24(7-5-12)17-16(20)10-22-18(23-17)25-11-14-3-2-13(9-21)8-15(14)19/h2-3,8,10,12H,4-7,11H2,1H3. The van der Waals surface area contributed by atoms with Gasteiger partial charge in [0.15, 0.2) is 11.6 Å². The van der Waals surface area contributed by atoms with Crippen LogP contribution < -0.4 is 9.64 Å². The Morgan fingerprint density at radius 3 is 2.72 bits per heavy atom. The van der Waals surface area contributed by atoms with Gasteiger partial charge in [-0.25, -0.2) is 13.8 Å². The monoisotopic (exact) mass is 344 g/mol. The number of nitrogens with zero attached hydrogens (tertiary/aromatic N) is 4. The Kier molecular flexibility index (Phi) is 5.08. The van der Waals surface area contributed by atoms with Crippen molar-refractivity contribution < 1.29 is 13.5 Å². The van der Waals surface area contributed by atoms with E-state index in [1.54, 1.807) is 0 Å². The van der Waals surface area contributed by atoms with Gasteiger partial charge in [-0.05, 0) is 30.9 Å². The lowest BCUT2D eigenvalue weighted by atomic mass is 9.99. The summed E-state index contributed by atoms with van der Waals surface area (Å²) in [7, 11) is 0. The molecule has 1 aromatic heterocycles. The first-order chi connectivity index (χ1) is 12.1. The van der Waals surface area contributed by atoms with Gasteiger partial charge >= 0.3 is 6.01 Å². The molecule has 0 N–H and O–H groups in total. The van der Waals surface area contributed by atoms with E-state index in [9.17, 15) is 8.78 Å². The summed E-state index contributed by atoms with van der Waals surface area (Å²) in [6.45, 7) is 3.55. The van der Waals surface area contributed by atoms with E-state index in [0.717, 1.165) is 38.2 Å². The molecule has 25 heavy (non-hydrogen) atoms. The fraction of sp³-hybridized carbons (Fsp3) is 0.389. The van der Waals surface area contributed by atoms with Gasteiger partial charge in [0.2, 0.25) is 0 Å². The molecule has 1 saturated heterocycles. The largest absolute Gasteiger partial charge is 0.458 e. The van der Waals surface area contributed by atoms with Crippen molar-refractivity contribution in [3.63, 3.8) is 0 Å². The maximum Gasteiger partial charge on any atom is 0.318 e. The molecule has 0 unspecified atom stereocenters. The fourth-order valence-electron chi connectivity index (χ4n) is 2.73. The molecule has 130 valence electrons. The van der Waals surface area contributed by atoms with E-state index in [0.29, 0.717) is 5.92 Å². The van der Waals surface area contributed by atoms with Crippen LogP contribution in [0.2, 0.25) is 0 Å². The third-order valence-electron chi connectivity index (χ3n) is 4.33. The van der Waals surface area contributed by atoms with Crippen LogP contribution in [0.25, 0.3) is 0 Å². The van der Waals surface area contributed by atoms with Gasteiger partial charge in [-0.15, -0.1) is 0 Å². The second-order valence-electron chi connectivity index (χ2n) is 6.20. The third kappa shape index (κ3) is 4.02. The number of piperidine rings is 1.